The van der Waals surface area contributed by atoms with E-state index in [4.69, 9.17) is 14.6 Å². The summed E-state index contributed by atoms with van der Waals surface area (Å²) < 4.78 is 14.7. The molecule has 119 valence electrons. The summed E-state index contributed by atoms with van der Waals surface area (Å²) in [5, 5.41) is 0. The molecule has 0 bridgehead atoms. The SMILES string of the molecule is C=C(C)C(=O)OCCP(=O)(O)O.C=C[Si](C)(C)O.O.[Ta]. The topological polar surface area (TPSA) is 136 Å². The van der Waals surface area contributed by atoms with Crippen LogP contribution in [0.1, 0.15) is 6.92 Å². The molecule has 0 spiro atoms. The number of hydrogen-bond acceptors (Lipinski definition) is 4. The van der Waals surface area contributed by atoms with Crippen LogP contribution in [0.15, 0.2) is 24.4 Å². The quantitative estimate of drug-likeness (QED) is 0.218. The van der Waals surface area contributed by atoms with Crippen LogP contribution in [0.5, 0.6) is 0 Å². The van der Waals surface area contributed by atoms with Crippen molar-refractivity contribution in [2.75, 3.05) is 12.8 Å². The van der Waals surface area contributed by atoms with Crippen molar-refractivity contribution >= 4 is 21.9 Å². The van der Waals surface area contributed by atoms with Crippen LogP contribution in [0.4, 0.5) is 0 Å². The molecular formula is C10H23O7PSiTa. The Morgan fingerprint density at radius 2 is 1.75 bits per heavy atom. The molecule has 7 nitrogen and oxygen atoms in total. The number of carbonyl (C=O) groups is 1. The fraction of sp³-hybridized carbons (Fsp3) is 0.500. The maximum atomic E-state index is 10.7. The Hall–Kier alpha value is -0.0229. The Kier molecular flexibility index (Phi) is 17.9. The molecule has 0 atom stereocenters. The molecular weight excluding hydrogens is 472 g/mol. The van der Waals surface area contributed by atoms with E-state index >= 15 is 0 Å². The molecule has 0 amide bonds. The van der Waals surface area contributed by atoms with E-state index < -0.39 is 28.0 Å². The molecule has 0 aromatic heterocycles. The van der Waals surface area contributed by atoms with Gasteiger partial charge in [-0.1, -0.05) is 12.3 Å². The maximum absolute atomic E-state index is 10.7. The first-order chi connectivity index (χ1) is 7.89. The van der Waals surface area contributed by atoms with Crippen molar-refractivity contribution < 1.29 is 56.5 Å². The third-order valence-corrected chi connectivity index (χ3v) is 3.23. The standard InChI is InChI=1S/C6H11O5P.C4H10OSi.H2O.Ta/c1-5(2)6(7)11-3-4-12(8,9)10;1-4-6(2,3)5;;/h1,3-4H2,2H3,(H2,8,9,10);4-5H,1H2,2-3H3;1H2;. The average molecular weight is 495 g/mol. The van der Waals surface area contributed by atoms with E-state index in [9.17, 15) is 9.36 Å². The molecule has 0 unspecified atom stereocenters. The molecule has 5 N–H and O–H groups in total. The minimum Gasteiger partial charge on any atom is -0.462 e. The van der Waals surface area contributed by atoms with Crippen LogP contribution < -0.4 is 0 Å². The van der Waals surface area contributed by atoms with Crippen molar-refractivity contribution in [1.82, 2.24) is 0 Å². The van der Waals surface area contributed by atoms with E-state index in [2.05, 4.69) is 17.9 Å². The Bertz CT molecular complexity index is 348. The second-order valence-electron chi connectivity index (χ2n) is 4.16. The summed E-state index contributed by atoms with van der Waals surface area (Å²) in [5.74, 6) is -0.636. The number of esters is 1. The van der Waals surface area contributed by atoms with Gasteiger partial charge < -0.3 is 24.8 Å². The van der Waals surface area contributed by atoms with Gasteiger partial charge >= 0.3 is 13.6 Å². The van der Waals surface area contributed by atoms with Crippen LogP contribution in [0.2, 0.25) is 13.1 Å². The van der Waals surface area contributed by atoms with Crippen LogP contribution in [-0.2, 0) is 36.5 Å². The van der Waals surface area contributed by atoms with Crippen LogP contribution in [0.25, 0.3) is 0 Å². The summed E-state index contributed by atoms with van der Waals surface area (Å²) in [7, 11) is -5.93. The summed E-state index contributed by atoms with van der Waals surface area (Å²) >= 11 is 0. The van der Waals surface area contributed by atoms with Gasteiger partial charge in [0.25, 0.3) is 0 Å². The Balaban J connectivity index is -0.000000139. The van der Waals surface area contributed by atoms with E-state index in [1.807, 2.05) is 13.1 Å². The van der Waals surface area contributed by atoms with Crippen molar-refractivity contribution in [3.05, 3.63) is 24.4 Å². The van der Waals surface area contributed by atoms with Crippen LogP contribution in [0, 0.1) is 0 Å². The van der Waals surface area contributed by atoms with Crippen molar-refractivity contribution in [3.63, 3.8) is 0 Å². The Morgan fingerprint density at radius 1 is 1.40 bits per heavy atom. The average Bonchev–Trinajstić information content (AvgIpc) is 2.15. The van der Waals surface area contributed by atoms with Gasteiger partial charge in [-0.15, -0.1) is 6.58 Å². The molecule has 0 fully saturated rings. The molecule has 0 saturated heterocycles. The van der Waals surface area contributed by atoms with Gasteiger partial charge in [0.05, 0.1) is 6.16 Å². The van der Waals surface area contributed by atoms with Crippen LogP contribution >= 0.6 is 7.60 Å². The molecule has 0 aliphatic heterocycles. The summed E-state index contributed by atoms with van der Waals surface area (Å²) in [5.41, 5.74) is 1.84. The molecule has 20 heavy (non-hydrogen) atoms. The normalized spacial score (nSPS) is 9.90. The predicted octanol–water partition coefficient (Wildman–Crippen LogP) is 0.365. The summed E-state index contributed by atoms with van der Waals surface area (Å²) in [4.78, 5) is 36.2. The molecule has 0 heterocycles. The minimum absolute atomic E-state index is 0. The number of carbonyl (C=O) groups excluding carboxylic acids is 1. The van der Waals surface area contributed by atoms with E-state index in [-0.39, 0.29) is 40.0 Å². The Labute approximate surface area is 135 Å². The molecule has 1 radical (unpaired) electrons. The predicted molar refractivity (Wildman–Crippen MR) is 76.2 cm³/mol. The summed E-state index contributed by atoms with van der Waals surface area (Å²) in [6, 6.07) is 0. The molecule has 0 rings (SSSR count). The van der Waals surface area contributed by atoms with Crippen molar-refractivity contribution in [2.45, 2.75) is 20.0 Å². The third kappa shape index (κ3) is 26.5. The molecule has 0 aliphatic rings. The molecule has 10 heteroatoms. The van der Waals surface area contributed by atoms with Gasteiger partial charge in [-0.25, -0.2) is 4.79 Å². The second kappa shape index (κ2) is 12.7. The summed E-state index contributed by atoms with van der Waals surface area (Å²) in [6.07, 6.45) is -0.452. The largest absolute Gasteiger partial charge is 0.462 e. The van der Waals surface area contributed by atoms with Gasteiger partial charge in [-0.3, -0.25) is 4.57 Å². The van der Waals surface area contributed by atoms with Crippen molar-refractivity contribution in [1.29, 1.82) is 0 Å². The molecule has 0 aromatic rings. The number of ether oxygens (including phenoxy) is 1. The zero-order chi connectivity index (χ0) is 15.0. The van der Waals surface area contributed by atoms with Crippen molar-refractivity contribution in [2.24, 2.45) is 0 Å². The van der Waals surface area contributed by atoms with Crippen LogP contribution in [0.3, 0.4) is 0 Å². The minimum atomic E-state index is -4.06. The van der Waals surface area contributed by atoms with E-state index in [1.54, 1.807) is 5.70 Å². The van der Waals surface area contributed by atoms with Gasteiger partial charge in [0, 0.05) is 28.0 Å². The first-order valence-corrected chi connectivity index (χ1v) is 9.94. The van der Waals surface area contributed by atoms with E-state index in [0.717, 1.165) is 0 Å². The summed E-state index contributed by atoms with van der Waals surface area (Å²) in [6.45, 7) is 11.6. The smallest absolute Gasteiger partial charge is 0.333 e. The fourth-order valence-corrected chi connectivity index (χ4v) is 0.710. The first-order valence-electron chi connectivity index (χ1n) is 5.12. The second-order valence-corrected chi connectivity index (χ2v) is 9.65. The van der Waals surface area contributed by atoms with Gasteiger partial charge in [0.1, 0.15) is 6.61 Å². The number of rotatable bonds is 5. The van der Waals surface area contributed by atoms with Crippen molar-refractivity contribution in [3.8, 4) is 0 Å². The molecule has 0 aliphatic carbocycles. The maximum Gasteiger partial charge on any atom is 0.333 e. The fourth-order valence-electron chi connectivity index (χ4n) is 0.380. The Morgan fingerprint density at radius 3 is 1.95 bits per heavy atom. The van der Waals surface area contributed by atoms with Gasteiger partial charge in [0.2, 0.25) is 8.32 Å². The van der Waals surface area contributed by atoms with E-state index in [0.29, 0.717) is 0 Å². The number of hydrogen-bond donors (Lipinski definition) is 3. The van der Waals surface area contributed by atoms with Gasteiger partial charge in [-0.05, 0) is 20.0 Å². The van der Waals surface area contributed by atoms with Gasteiger partial charge in [-0.2, -0.15) is 0 Å². The van der Waals surface area contributed by atoms with Crippen LogP contribution in [-0.4, -0.2) is 47.1 Å². The van der Waals surface area contributed by atoms with E-state index in [1.165, 1.54) is 6.92 Å². The monoisotopic (exact) mass is 495 g/mol. The first kappa shape index (κ1) is 28.2. The van der Waals surface area contributed by atoms with Gasteiger partial charge in [0.15, 0.2) is 0 Å². The molecule has 0 saturated carbocycles. The zero-order valence-electron chi connectivity index (χ0n) is 11.9. The molecule has 0 aromatic carbocycles. The zero-order valence-corrected chi connectivity index (χ0v) is 17.0. The third-order valence-electron chi connectivity index (χ3n) is 1.46.